The van der Waals surface area contributed by atoms with Gasteiger partial charge in [-0.2, -0.15) is 4.98 Å². The second kappa shape index (κ2) is 5.40. The number of aryl methyl sites for hydroxylation is 1. The van der Waals surface area contributed by atoms with Crippen molar-refractivity contribution in [3.05, 3.63) is 11.7 Å². The summed E-state index contributed by atoms with van der Waals surface area (Å²) in [4.78, 5) is 18.0. The highest BCUT2D eigenvalue weighted by atomic mass is 16.5. The lowest BCUT2D eigenvalue weighted by Crippen LogP contribution is -2.39. The van der Waals surface area contributed by atoms with Gasteiger partial charge in [-0.1, -0.05) is 19.0 Å². The summed E-state index contributed by atoms with van der Waals surface area (Å²) in [5, 5.41) is 3.96. The summed E-state index contributed by atoms with van der Waals surface area (Å²) in [7, 11) is 0. The van der Waals surface area contributed by atoms with Crippen LogP contribution in [0.4, 0.5) is 0 Å². The average Bonchev–Trinajstić information content (AvgIpc) is 2.72. The topological polar surface area (TPSA) is 59.2 Å². The molecule has 1 unspecified atom stereocenters. The number of aromatic nitrogens is 2. The first-order chi connectivity index (χ1) is 8.19. The maximum absolute atomic E-state index is 11.4. The van der Waals surface area contributed by atoms with Crippen LogP contribution < -0.4 is 0 Å². The number of piperidine rings is 1. The Morgan fingerprint density at radius 2 is 2.35 bits per heavy atom. The Hall–Kier alpha value is -1.23. The predicted molar refractivity (Wildman–Crippen MR) is 62.4 cm³/mol. The van der Waals surface area contributed by atoms with Crippen LogP contribution in [0.1, 0.15) is 38.4 Å². The molecular formula is C12H19N3O2. The van der Waals surface area contributed by atoms with Gasteiger partial charge in [0.05, 0.1) is 6.54 Å². The van der Waals surface area contributed by atoms with Crippen molar-refractivity contribution in [3.63, 3.8) is 0 Å². The number of hydrogen-bond donors (Lipinski definition) is 0. The van der Waals surface area contributed by atoms with E-state index in [-0.39, 0.29) is 5.92 Å². The van der Waals surface area contributed by atoms with Crippen molar-refractivity contribution in [1.29, 1.82) is 0 Å². The zero-order valence-electron chi connectivity index (χ0n) is 10.5. The highest BCUT2D eigenvalue weighted by Crippen LogP contribution is 2.14. The van der Waals surface area contributed by atoms with E-state index in [4.69, 9.17) is 4.52 Å². The minimum Gasteiger partial charge on any atom is -0.339 e. The lowest BCUT2D eigenvalue weighted by atomic mass is 9.99. The number of Topliss-reactive ketones (excluding diaryl/α,β-unsaturated/α-hetero) is 1. The number of carbonyl (C=O) groups is 1. The minimum absolute atomic E-state index is 0.130. The van der Waals surface area contributed by atoms with Gasteiger partial charge in [0.25, 0.3) is 0 Å². The smallest absolute Gasteiger partial charge is 0.226 e. The van der Waals surface area contributed by atoms with E-state index in [1.807, 2.05) is 6.92 Å². The summed E-state index contributed by atoms with van der Waals surface area (Å²) in [5.41, 5.74) is 0. The first-order valence-corrected chi connectivity index (χ1v) is 6.25. The third-order valence-electron chi connectivity index (χ3n) is 3.10. The molecule has 94 valence electrons. The highest BCUT2D eigenvalue weighted by molar-refractivity contribution is 5.81. The molecule has 17 heavy (non-hydrogen) atoms. The number of ketones is 1. The Kier molecular flexibility index (Phi) is 3.89. The molecular weight excluding hydrogens is 218 g/mol. The van der Waals surface area contributed by atoms with Crippen molar-refractivity contribution in [2.24, 2.45) is 5.92 Å². The van der Waals surface area contributed by atoms with Crippen molar-refractivity contribution in [2.45, 2.75) is 39.7 Å². The molecule has 1 aromatic rings. The summed E-state index contributed by atoms with van der Waals surface area (Å²) < 4.78 is 5.14. The van der Waals surface area contributed by atoms with Crippen LogP contribution in [0.2, 0.25) is 0 Å². The number of carbonyl (C=O) groups excluding carboxylic acids is 1. The van der Waals surface area contributed by atoms with Gasteiger partial charge in [-0.15, -0.1) is 0 Å². The second-order valence-corrected chi connectivity index (χ2v) is 4.71. The van der Waals surface area contributed by atoms with E-state index in [9.17, 15) is 4.79 Å². The van der Waals surface area contributed by atoms with Gasteiger partial charge in [-0.3, -0.25) is 9.69 Å². The molecule has 0 N–H and O–H groups in total. The van der Waals surface area contributed by atoms with E-state index in [2.05, 4.69) is 22.0 Å². The standard InChI is InChI=1S/C12H19N3O2/c1-3-4-12-13-11(14-17-12)8-15-6-5-10(16)9(2)7-15/h9H,3-8H2,1-2H3. The number of hydrogen-bond acceptors (Lipinski definition) is 5. The van der Waals surface area contributed by atoms with Crippen LogP contribution >= 0.6 is 0 Å². The maximum Gasteiger partial charge on any atom is 0.226 e. The van der Waals surface area contributed by atoms with E-state index in [1.165, 1.54) is 0 Å². The van der Waals surface area contributed by atoms with E-state index < -0.39 is 0 Å². The summed E-state index contributed by atoms with van der Waals surface area (Å²) in [6.45, 7) is 6.36. The Balaban J connectivity index is 1.89. The molecule has 1 saturated heterocycles. The zero-order valence-corrected chi connectivity index (χ0v) is 10.5. The zero-order chi connectivity index (χ0) is 12.3. The molecule has 0 radical (unpaired) electrons. The number of rotatable bonds is 4. The van der Waals surface area contributed by atoms with Gasteiger partial charge in [0.15, 0.2) is 5.82 Å². The Morgan fingerprint density at radius 3 is 3.06 bits per heavy atom. The summed E-state index contributed by atoms with van der Waals surface area (Å²) in [5.74, 6) is 1.94. The SMILES string of the molecule is CCCc1nc(CN2CCC(=O)C(C)C2)no1. The van der Waals surface area contributed by atoms with Crippen LogP contribution in [0, 0.1) is 5.92 Å². The lowest BCUT2D eigenvalue weighted by Gasteiger charge is -2.28. The fraction of sp³-hybridized carbons (Fsp3) is 0.750. The molecule has 1 aliphatic rings. The van der Waals surface area contributed by atoms with Gasteiger partial charge in [0, 0.05) is 31.8 Å². The summed E-state index contributed by atoms with van der Waals surface area (Å²) in [6.07, 6.45) is 2.49. The molecule has 0 aromatic carbocycles. The lowest BCUT2D eigenvalue weighted by molar-refractivity contribution is -0.125. The fourth-order valence-corrected chi connectivity index (χ4v) is 2.11. The largest absolute Gasteiger partial charge is 0.339 e. The van der Waals surface area contributed by atoms with Gasteiger partial charge in [-0.05, 0) is 6.42 Å². The highest BCUT2D eigenvalue weighted by Gasteiger charge is 2.24. The Bertz CT molecular complexity index is 389. The van der Waals surface area contributed by atoms with Crippen molar-refractivity contribution in [2.75, 3.05) is 13.1 Å². The average molecular weight is 237 g/mol. The molecule has 1 atom stereocenters. The molecule has 5 nitrogen and oxygen atoms in total. The molecule has 2 rings (SSSR count). The molecule has 0 aliphatic carbocycles. The first-order valence-electron chi connectivity index (χ1n) is 6.25. The van der Waals surface area contributed by atoms with Crippen LogP contribution in [0.25, 0.3) is 0 Å². The van der Waals surface area contributed by atoms with E-state index in [0.29, 0.717) is 24.6 Å². The molecule has 0 spiro atoms. The van der Waals surface area contributed by atoms with E-state index >= 15 is 0 Å². The van der Waals surface area contributed by atoms with E-state index in [1.54, 1.807) is 0 Å². The van der Waals surface area contributed by atoms with Gasteiger partial charge < -0.3 is 4.52 Å². The van der Waals surface area contributed by atoms with Crippen LogP contribution in [-0.2, 0) is 17.8 Å². The van der Waals surface area contributed by atoms with Gasteiger partial charge in [0.1, 0.15) is 5.78 Å². The third-order valence-corrected chi connectivity index (χ3v) is 3.10. The summed E-state index contributed by atoms with van der Waals surface area (Å²) in [6, 6.07) is 0. The molecule has 0 amide bonds. The minimum atomic E-state index is 0.130. The van der Waals surface area contributed by atoms with Crippen LogP contribution in [0.5, 0.6) is 0 Å². The molecule has 1 aromatic heterocycles. The number of likely N-dealkylation sites (tertiary alicyclic amines) is 1. The normalized spacial score (nSPS) is 22.0. The molecule has 0 saturated carbocycles. The third kappa shape index (κ3) is 3.12. The molecule has 0 bridgehead atoms. The van der Waals surface area contributed by atoms with Crippen LogP contribution in [0.15, 0.2) is 4.52 Å². The van der Waals surface area contributed by atoms with Crippen molar-refractivity contribution >= 4 is 5.78 Å². The van der Waals surface area contributed by atoms with Crippen LogP contribution in [0.3, 0.4) is 0 Å². The molecule has 1 aliphatic heterocycles. The molecule has 5 heteroatoms. The van der Waals surface area contributed by atoms with E-state index in [0.717, 1.165) is 31.8 Å². The van der Waals surface area contributed by atoms with Crippen molar-refractivity contribution < 1.29 is 9.32 Å². The van der Waals surface area contributed by atoms with Gasteiger partial charge >= 0.3 is 0 Å². The Labute approximate surface area is 101 Å². The van der Waals surface area contributed by atoms with Crippen molar-refractivity contribution in [3.8, 4) is 0 Å². The predicted octanol–water partition coefficient (Wildman–Crippen LogP) is 1.43. The fourth-order valence-electron chi connectivity index (χ4n) is 2.11. The first kappa shape index (κ1) is 12.2. The second-order valence-electron chi connectivity index (χ2n) is 4.71. The van der Waals surface area contributed by atoms with Crippen LogP contribution in [-0.4, -0.2) is 33.9 Å². The summed E-state index contributed by atoms with van der Waals surface area (Å²) >= 11 is 0. The van der Waals surface area contributed by atoms with Crippen molar-refractivity contribution in [1.82, 2.24) is 15.0 Å². The molecule has 2 heterocycles. The van der Waals surface area contributed by atoms with Gasteiger partial charge in [0.2, 0.25) is 5.89 Å². The quantitative estimate of drug-likeness (QED) is 0.793. The number of nitrogens with zero attached hydrogens (tertiary/aromatic N) is 3. The van der Waals surface area contributed by atoms with Gasteiger partial charge in [-0.25, -0.2) is 0 Å². The monoisotopic (exact) mass is 237 g/mol. The molecule has 1 fully saturated rings. The Morgan fingerprint density at radius 1 is 1.53 bits per heavy atom. The maximum atomic E-state index is 11.4.